The van der Waals surface area contributed by atoms with Gasteiger partial charge in [0, 0.05) is 17.6 Å². The molecule has 0 spiro atoms. The highest BCUT2D eigenvalue weighted by molar-refractivity contribution is 9.10. The van der Waals surface area contributed by atoms with Gasteiger partial charge in [-0.05, 0) is 63.8 Å². The first kappa shape index (κ1) is 15.3. The minimum Gasteiger partial charge on any atom is -0.465 e. The molecule has 3 aromatic rings. The van der Waals surface area contributed by atoms with Crippen molar-refractivity contribution >= 4 is 43.6 Å². The van der Waals surface area contributed by atoms with Gasteiger partial charge in [0.25, 0.3) is 0 Å². The second-order valence-corrected chi connectivity index (χ2v) is 6.84. The molecule has 6 heteroatoms. The first-order valence-electron chi connectivity index (χ1n) is 7.55. The highest BCUT2D eigenvalue weighted by Gasteiger charge is 2.27. The van der Waals surface area contributed by atoms with E-state index in [9.17, 15) is 14.0 Å². The molecule has 0 atom stereocenters. The molecule has 0 radical (unpaired) electrons. The van der Waals surface area contributed by atoms with Crippen molar-refractivity contribution in [2.75, 3.05) is 7.11 Å². The number of aromatic nitrogens is 1. The van der Waals surface area contributed by atoms with Crippen LogP contribution in [0.5, 0.6) is 0 Å². The monoisotopic (exact) mass is 389 g/mol. The van der Waals surface area contributed by atoms with E-state index in [4.69, 9.17) is 4.74 Å². The number of fused-ring (bicyclic) bond motifs is 2. The van der Waals surface area contributed by atoms with Crippen LogP contribution in [-0.4, -0.2) is 17.6 Å². The van der Waals surface area contributed by atoms with Gasteiger partial charge in [0.15, 0.2) is 0 Å². The molecule has 1 aliphatic carbocycles. The number of hydrogen-bond acceptors (Lipinski definition) is 3. The van der Waals surface area contributed by atoms with Crippen LogP contribution in [0, 0.1) is 5.82 Å². The van der Waals surface area contributed by atoms with Gasteiger partial charge in [0.2, 0.25) is 5.43 Å². The topological polar surface area (TPSA) is 48.3 Å². The first-order chi connectivity index (χ1) is 11.5. The molecule has 1 fully saturated rings. The van der Waals surface area contributed by atoms with E-state index >= 15 is 0 Å². The summed E-state index contributed by atoms with van der Waals surface area (Å²) in [5, 5.41) is 1.85. The van der Waals surface area contributed by atoms with E-state index in [-0.39, 0.29) is 17.0 Å². The molecule has 1 aliphatic rings. The zero-order chi connectivity index (χ0) is 17.0. The summed E-state index contributed by atoms with van der Waals surface area (Å²) in [7, 11) is 1.25. The summed E-state index contributed by atoms with van der Waals surface area (Å²) in [6.45, 7) is 0. The van der Waals surface area contributed by atoms with Crippen LogP contribution in [0.15, 0.2) is 39.7 Å². The lowest BCUT2D eigenvalue weighted by Crippen LogP contribution is -2.19. The van der Waals surface area contributed by atoms with Gasteiger partial charge >= 0.3 is 5.97 Å². The van der Waals surface area contributed by atoms with Gasteiger partial charge in [0.05, 0.1) is 17.1 Å². The molecular weight excluding hydrogens is 377 g/mol. The average molecular weight is 390 g/mol. The van der Waals surface area contributed by atoms with Gasteiger partial charge in [-0.1, -0.05) is 0 Å². The average Bonchev–Trinajstić information content (AvgIpc) is 3.39. The maximum absolute atomic E-state index is 13.8. The maximum Gasteiger partial charge on any atom is 0.343 e. The van der Waals surface area contributed by atoms with E-state index < -0.39 is 11.8 Å². The van der Waals surface area contributed by atoms with Crippen LogP contribution in [0.25, 0.3) is 21.7 Å². The number of nitrogens with zero attached hydrogens (tertiary/aromatic N) is 1. The van der Waals surface area contributed by atoms with Crippen molar-refractivity contribution in [3.05, 3.63) is 56.5 Å². The van der Waals surface area contributed by atoms with Gasteiger partial charge in [-0.25, -0.2) is 9.18 Å². The van der Waals surface area contributed by atoms with Crippen LogP contribution >= 0.6 is 15.9 Å². The number of rotatable bonds is 2. The molecule has 122 valence electrons. The van der Waals surface area contributed by atoms with E-state index in [1.165, 1.54) is 13.2 Å². The Morgan fingerprint density at radius 1 is 1.25 bits per heavy atom. The van der Waals surface area contributed by atoms with Crippen molar-refractivity contribution in [1.29, 1.82) is 0 Å². The zero-order valence-corrected chi connectivity index (χ0v) is 14.4. The number of pyridine rings is 1. The summed E-state index contributed by atoms with van der Waals surface area (Å²) in [4.78, 5) is 24.6. The molecule has 4 rings (SSSR count). The van der Waals surface area contributed by atoms with E-state index in [1.54, 1.807) is 18.3 Å². The molecule has 1 aromatic heterocycles. The van der Waals surface area contributed by atoms with Gasteiger partial charge in [-0.3, -0.25) is 4.79 Å². The predicted molar refractivity (Wildman–Crippen MR) is 93.0 cm³/mol. The number of carbonyl (C=O) groups is 1. The van der Waals surface area contributed by atoms with E-state index in [0.29, 0.717) is 15.2 Å². The molecule has 1 saturated carbocycles. The number of esters is 1. The van der Waals surface area contributed by atoms with Crippen molar-refractivity contribution in [2.24, 2.45) is 0 Å². The molecule has 24 heavy (non-hydrogen) atoms. The number of benzene rings is 2. The van der Waals surface area contributed by atoms with E-state index in [1.807, 2.05) is 10.6 Å². The van der Waals surface area contributed by atoms with Crippen molar-refractivity contribution in [2.45, 2.75) is 18.9 Å². The molecular formula is C18H13BrFNO3. The van der Waals surface area contributed by atoms with Crippen LogP contribution in [-0.2, 0) is 4.74 Å². The molecule has 0 unspecified atom stereocenters. The third-order valence-corrected chi connectivity index (χ3v) is 4.98. The van der Waals surface area contributed by atoms with Crippen LogP contribution in [0.2, 0.25) is 0 Å². The van der Waals surface area contributed by atoms with Gasteiger partial charge in [-0.15, -0.1) is 0 Å². The van der Waals surface area contributed by atoms with Crippen LogP contribution in [0.4, 0.5) is 4.39 Å². The molecule has 0 amide bonds. The lowest BCUT2D eigenvalue weighted by molar-refractivity contribution is 0.0598. The Morgan fingerprint density at radius 2 is 1.96 bits per heavy atom. The Labute approximate surface area is 145 Å². The van der Waals surface area contributed by atoms with Gasteiger partial charge < -0.3 is 9.30 Å². The molecule has 0 aliphatic heterocycles. The summed E-state index contributed by atoms with van der Waals surface area (Å²) >= 11 is 3.19. The third-order valence-electron chi connectivity index (χ3n) is 4.38. The molecule has 0 bridgehead atoms. The third kappa shape index (κ3) is 2.33. The van der Waals surface area contributed by atoms with Crippen molar-refractivity contribution in [1.82, 2.24) is 4.57 Å². The molecule has 1 heterocycles. The minimum atomic E-state index is -0.654. The fraction of sp³-hybridized carbons (Fsp3) is 0.222. The summed E-state index contributed by atoms with van der Waals surface area (Å²) in [5.74, 6) is -1.05. The largest absolute Gasteiger partial charge is 0.465 e. The Bertz CT molecular complexity index is 1070. The lowest BCUT2D eigenvalue weighted by Gasteiger charge is -2.13. The predicted octanol–water partition coefficient (Wildman–Crippen LogP) is 4.18. The summed E-state index contributed by atoms with van der Waals surface area (Å²) in [6.07, 6.45) is 3.59. The molecule has 0 saturated heterocycles. The number of ether oxygens (including phenoxy) is 1. The van der Waals surface area contributed by atoms with E-state index in [2.05, 4.69) is 15.9 Å². The summed E-state index contributed by atoms with van der Waals surface area (Å²) in [5.41, 5.74) is 0.369. The van der Waals surface area contributed by atoms with E-state index in [0.717, 1.165) is 23.7 Å². The number of halogens is 2. The van der Waals surface area contributed by atoms with Crippen molar-refractivity contribution in [3.8, 4) is 0 Å². The second kappa shape index (κ2) is 5.41. The summed E-state index contributed by atoms with van der Waals surface area (Å²) in [6, 6.07) is 6.87. The van der Waals surface area contributed by atoms with Crippen LogP contribution in [0.1, 0.15) is 29.2 Å². The fourth-order valence-corrected chi connectivity index (χ4v) is 3.36. The number of hydrogen-bond donors (Lipinski definition) is 0. The standard InChI is InChI=1S/C18H13BrFNO3/c1-24-18(23)13-8-21(11-2-3-11)16-7-10-5-14(19)15(20)6-9(10)4-12(16)17(13)22/h4-8,11H,2-3H2,1H3. The number of methoxy groups -OCH3 is 1. The normalized spacial score (nSPS) is 14.3. The van der Waals surface area contributed by atoms with Crippen LogP contribution in [0.3, 0.4) is 0 Å². The maximum atomic E-state index is 13.8. The highest BCUT2D eigenvalue weighted by Crippen LogP contribution is 2.38. The Balaban J connectivity index is 2.13. The van der Waals surface area contributed by atoms with Gasteiger partial charge in [-0.2, -0.15) is 0 Å². The minimum absolute atomic E-state index is 0.00818. The Kier molecular flexibility index (Phi) is 3.46. The van der Waals surface area contributed by atoms with Crippen molar-refractivity contribution in [3.63, 3.8) is 0 Å². The quantitative estimate of drug-likeness (QED) is 0.487. The Hall–Kier alpha value is -2.21. The smallest absolute Gasteiger partial charge is 0.343 e. The molecule has 4 nitrogen and oxygen atoms in total. The number of carbonyl (C=O) groups excluding carboxylic acids is 1. The Morgan fingerprint density at radius 3 is 2.62 bits per heavy atom. The SMILES string of the molecule is COC(=O)c1cn(C2CC2)c2cc3cc(Br)c(F)cc3cc2c1=O. The van der Waals surface area contributed by atoms with Crippen molar-refractivity contribution < 1.29 is 13.9 Å². The fourth-order valence-electron chi connectivity index (χ4n) is 3.00. The highest BCUT2D eigenvalue weighted by atomic mass is 79.9. The second-order valence-electron chi connectivity index (χ2n) is 5.98. The molecule has 0 N–H and O–H groups in total. The first-order valence-corrected chi connectivity index (χ1v) is 8.35. The van der Waals surface area contributed by atoms with Gasteiger partial charge in [0.1, 0.15) is 11.4 Å². The summed E-state index contributed by atoms with van der Waals surface area (Å²) < 4.78 is 20.9. The zero-order valence-electron chi connectivity index (χ0n) is 12.8. The lowest BCUT2D eigenvalue weighted by atomic mass is 10.0. The van der Waals surface area contributed by atoms with Crippen LogP contribution < -0.4 is 5.43 Å². The molecule has 2 aromatic carbocycles.